The average molecular weight is 442 g/mol. The molecule has 0 radical (unpaired) electrons. The van der Waals surface area contributed by atoms with Gasteiger partial charge in [0, 0.05) is 30.3 Å². The molecule has 2 saturated heterocycles. The molecule has 6 nitrogen and oxygen atoms in total. The Hall–Kier alpha value is -2.29. The van der Waals surface area contributed by atoms with Gasteiger partial charge in [-0.3, -0.25) is 4.90 Å². The van der Waals surface area contributed by atoms with Crippen LogP contribution in [0, 0.1) is 23.4 Å². The van der Waals surface area contributed by atoms with Crippen molar-refractivity contribution in [1.82, 2.24) is 10.2 Å². The molecular weight excluding hydrogens is 413 g/mol. The number of benzene rings is 1. The molecule has 0 aromatic heterocycles. The molecule has 2 heterocycles. The van der Waals surface area contributed by atoms with E-state index in [1.165, 1.54) is 7.11 Å². The molecule has 0 aliphatic carbocycles. The van der Waals surface area contributed by atoms with Crippen molar-refractivity contribution in [3.63, 3.8) is 0 Å². The molecule has 31 heavy (non-hydrogen) atoms. The number of methoxy groups -OCH3 is 1. The van der Waals surface area contributed by atoms with Gasteiger partial charge in [0.1, 0.15) is 17.5 Å². The number of rotatable bonds is 5. The zero-order valence-electron chi connectivity index (χ0n) is 18.2. The highest BCUT2D eigenvalue weighted by Crippen LogP contribution is 2.41. The van der Waals surface area contributed by atoms with E-state index in [0.717, 1.165) is 18.9 Å². The summed E-state index contributed by atoms with van der Waals surface area (Å²) in [5.74, 6) is -3.79. The van der Waals surface area contributed by atoms with Gasteiger partial charge in [-0.15, -0.1) is 0 Å². The summed E-state index contributed by atoms with van der Waals surface area (Å²) in [6, 6.07) is 0.673. The second-order valence-electron chi connectivity index (χ2n) is 9.29. The van der Waals surface area contributed by atoms with Gasteiger partial charge in [0.25, 0.3) is 0 Å². The van der Waals surface area contributed by atoms with Crippen molar-refractivity contribution in [2.75, 3.05) is 7.11 Å². The lowest BCUT2D eigenvalue weighted by Gasteiger charge is -2.41. The molecule has 2 aliphatic heterocycles. The van der Waals surface area contributed by atoms with E-state index in [2.05, 4.69) is 10.2 Å². The topological polar surface area (TPSA) is 67.9 Å². The van der Waals surface area contributed by atoms with E-state index in [1.54, 1.807) is 20.8 Å². The fourth-order valence-corrected chi connectivity index (χ4v) is 4.66. The molecule has 1 amide bonds. The van der Waals surface area contributed by atoms with Gasteiger partial charge in [0.2, 0.25) is 0 Å². The Labute approximate surface area is 180 Å². The molecule has 0 saturated carbocycles. The molecule has 172 valence electrons. The third kappa shape index (κ3) is 5.50. The largest absolute Gasteiger partial charge is 0.467 e. The highest BCUT2D eigenvalue weighted by Gasteiger charge is 2.45. The van der Waals surface area contributed by atoms with E-state index < -0.39 is 41.2 Å². The molecule has 9 heteroatoms. The summed E-state index contributed by atoms with van der Waals surface area (Å²) in [6.45, 7) is 5.36. The lowest BCUT2D eigenvalue weighted by Crippen LogP contribution is -2.53. The van der Waals surface area contributed by atoms with Gasteiger partial charge in [-0.25, -0.2) is 22.8 Å². The number of esters is 1. The SMILES string of the molecule is COC(=O)[C@@H](NC(=O)OC(C)(C)C)C1CC2CCC(C1)N2Cc1cc(F)c(F)cc1F. The molecule has 3 rings (SSSR count). The number of fused-ring (bicyclic) bond motifs is 2. The van der Waals surface area contributed by atoms with Crippen LogP contribution in [0.3, 0.4) is 0 Å². The number of piperidine rings is 1. The number of hydrogen-bond donors (Lipinski definition) is 1. The van der Waals surface area contributed by atoms with Gasteiger partial charge in [-0.2, -0.15) is 0 Å². The molecule has 3 atom stereocenters. The number of ether oxygens (including phenoxy) is 2. The third-order valence-corrected chi connectivity index (χ3v) is 5.96. The predicted molar refractivity (Wildman–Crippen MR) is 107 cm³/mol. The van der Waals surface area contributed by atoms with Gasteiger partial charge in [0.05, 0.1) is 7.11 Å². The monoisotopic (exact) mass is 442 g/mol. The molecule has 1 N–H and O–H groups in total. The fourth-order valence-electron chi connectivity index (χ4n) is 4.66. The molecular formula is C22H29F3N2O4. The standard InChI is InChI=1S/C22H29F3N2O4/c1-22(2,3)31-21(29)26-19(20(28)30-4)12-7-14-5-6-15(8-12)27(14)11-13-9-17(24)18(25)10-16(13)23/h9-10,12,14-15,19H,5-8,11H2,1-4H3,(H,26,29)/t12?,14?,15?,19-/m0/s1. The highest BCUT2D eigenvalue weighted by molar-refractivity contribution is 5.81. The molecule has 2 aliphatic rings. The van der Waals surface area contributed by atoms with Crippen LogP contribution < -0.4 is 5.32 Å². The molecule has 1 aromatic rings. The number of halogens is 3. The minimum absolute atomic E-state index is 0.0313. The summed E-state index contributed by atoms with van der Waals surface area (Å²) >= 11 is 0. The summed E-state index contributed by atoms with van der Waals surface area (Å²) in [5.41, 5.74) is -0.604. The zero-order chi connectivity index (χ0) is 22.9. The first kappa shape index (κ1) is 23.4. The number of carbonyl (C=O) groups excluding carboxylic acids is 2. The highest BCUT2D eigenvalue weighted by atomic mass is 19.2. The quantitative estimate of drug-likeness (QED) is 0.553. The fraction of sp³-hybridized carbons (Fsp3) is 0.636. The van der Waals surface area contributed by atoms with Crippen LogP contribution >= 0.6 is 0 Å². The van der Waals surface area contributed by atoms with Crippen LogP contribution in [0.4, 0.5) is 18.0 Å². The van der Waals surface area contributed by atoms with Crippen LogP contribution in [-0.2, 0) is 20.8 Å². The summed E-state index contributed by atoms with van der Waals surface area (Å²) in [4.78, 5) is 26.7. The van der Waals surface area contributed by atoms with E-state index in [1.807, 2.05) is 0 Å². The van der Waals surface area contributed by atoms with Crippen molar-refractivity contribution in [2.24, 2.45) is 5.92 Å². The van der Waals surface area contributed by atoms with Gasteiger partial charge >= 0.3 is 12.1 Å². The zero-order valence-corrected chi connectivity index (χ0v) is 18.2. The summed E-state index contributed by atoms with van der Waals surface area (Å²) in [7, 11) is 1.27. The normalized spacial score (nSPS) is 24.5. The predicted octanol–water partition coefficient (Wildman–Crippen LogP) is 3.91. The summed E-state index contributed by atoms with van der Waals surface area (Å²) in [6.07, 6.45) is 2.15. The Bertz CT molecular complexity index is 829. The van der Waals surface area contributed by atoms with Crippen molar-refractivity contribution in [1.29, 1.82) is 0 Å². The number of alkyl carbamates (subject to hydrolysis) is 1. The maximum absolute atomic E-state index is 14.1. The van der Waals surface area contributed by atoms with Crippen molar-refractivity contribution < 1.29 is 32.2 Å². The molecule has 0 spiro atoms. The van der Waals surface area contributed by atoms with Gasteiger partial charge in [-0.1, -0.05) is 0 Å². The van der Waals surface area contributed by atoms with Crippen LogP contribution in [0.1, 0.15) is 52.0 Å². The molecule has 1 aromatic carbocycles. The first-order valence-electron chi connectivity index (χ1n) is 10.4. The van der Waals surface area contributed by atoms with Gasteiger partial charge in [0.15, 0.2) is 11.6 Å². The number of nitrogens with one attached hydrogen (secondary N) is 1. The maximum atomic E-state index is 14.1. The molecule has 2 bridgehead atoms. The van der Waals surface area contributed by atoms with Crippen molar-refractivity contribution in [2.45, 2.75) is 76.7 Å². The maximum Gasteiger partial charge on any atom is 0.408 e. The first-order chi connectivity index (χ1) is 14.5. The van der Waals surface area contributed by atoms with E-state index in [9.17, 15) is 22.8 Å². The van der Waals surface area contributed by atoms with Gasteiger partial charge < -0.3 is 14.8 Å². The van der Waals surface area contributed by atoms with Crippen LogP contribution in [0.25, 0.3) is 0 Å². The molecule has 2 unspecified atom stereocenters. The van der Waals surface area contributed by atoms with E-state index >= 15 is 0 Å². The Morgan fingerprint density at radius 1 is 1.10 bits per heavy atom. The Morgan fingerprint density at radius 2 is 1.68 bits per heavy atom. The Morgan fingerprint density at radius 3 is 2.23 bits per heavy atom. The smallest absolute Gasteiger partial charge is 0.408 e. The van der Waals surface area contributed by atoms with Crippen LogP contribution in [0.15, 0.2) is 12.1 Å². The number of hydrogen-bond acceptors (Lipinski definition) is 5. The van der Waals surface area contributed by atoms with Crippen LogP contribution in [-0.4, -0.2) is 47.8 Å². The lowest BCUT2D eigenvalue weighted by molar-refractivity contribution is -0.145. The minimum Gasteiger partial charge on any atom is -0.467 e. The second-order valence-corrected chi connectivity index (χ2v) is 9.29. The van der Waals surface area contributed by atoms with Gasteiger partial charge in [-0.05, 0) is 58.4 Å². The Balaban J connectivity index is 1.71. The van der Waals surface area contributed by atoms with Crippen molar-refractivity contribution in [3.8, 4) is 0 Å². The van der Waals surface area contributed by atoms with Crippen LogP contribution in [0.2, 0.25) is 0 Å². The number of carbonyl (C=O) groups is 2. The van der Waals surface area contributed by atoms with Crippen molar-refractivity contribution in [3.05, 3.63) is 35.1 Å². The third-order valence-electron chi connectivity index (χ3n) is 5.96. The summed E-state index contributed by atoms with van der Waals surface area (Å²) in [5, 5.41) is 2.64. The number of nitrogens with zero attached hydrogens (tertiary/aromatic N) is 1. The van der Waals surface area contributed by atoms with E-state index in [-0.39, 0.29) is 30.1 Å². The van der Waals surface area contributed by atoms with E-state index in [4.69, 9.17) is 9.47 Å². The minimum atomic E-state index is -1.21. The second kappa shape index (κ2) is 9.06. The number of amides is 1. The summed E-state index contributed by atoms with van der Waals surface area (Å²) < 4.78 is 51.2. The van der Waals surface area contributed by atoms with Crippen molar-refractivity contribution >= 4 is 12.1 Å². The lowest BCUT2D eigenvalue weighted by atomic mass is 9.84. The van der Waals surface area contributed by atoms with Crippen LogP contribution in [0.5, 0.6) is 0 Å². The van der Waals surface area contributed by atoms with E-state index in [0.29, 0.717) is 18.9 Å². The average Bonchev–Trinajstić information content (AvgIpc) is 2.89. The molecule has 2 fully saturated rings. The first-order valence-corrected chi connectivity index (χ1v) is 10.4. The Kier molecular flexibility index (Phi) is 6.83.